The Balaban J connectivity index is 2.49. The summed E-state index contributed by atoms with van der Waals surface area (Å²) in [5.74, 6) is -2.03. The molecule has 1 aliphatic rings. The molecule has 0 radical (unpaired) electrons. The summed E-state index contributed by atoms with van der Waals surface area (Å²) in [6.07, 6.45) is -10.5. The molecule has 0 atom stereocenters. The second-order valence-corrected chi connectivity index (χ2v) is 7.63. The molecule has 0 saturated carbocycles. The lowest BCUT2D eigenvalue weighted by molar-refractivity contribution is -0.143. The Hall–Kier alpha value is -1.82. The van der Waals surface area contributed by atoms with Gasteiger partial charge >= 0.3 is 18.3 Å². The number of hydrogen-bond donors (Lipinski definition) is 1. The van der Waals surface area contributed by atoms with Crippen LogP contribution in [0.25, 0.3) is 0 Å². The molecule has 0 aromatic heterocycles. The fourth-order valence-corrected chi connectivity index (χ4v) is 4.34. The van der Waals surface area contributed by atoms with E-state index in [1.807, 2.05) is 0 Å². The first-order valence-corrected chi connectivity index (χ1v) is 8.70. The highest BCUT2D eigenvalue weighted by Gasteiger charge is 2.42. The molecule has 2 rings (SSSR count). The fraction of sp³-hybridized carbons (Fsp3) is 0.500. The van der Waals surface area contributed by atoms with E-state index in [1.165, 1.54) is 0 Å². The number of sulfonamides is 1. The molecule has 0 unspecified atom stereocenters. The molecule has 0 spiro atoms. The summed E-state index contributed by atoms with van der Waals surface area (Å²) in [4.78, 5) is 9.39. The first-order chi connectivity index (χ1) is 11.7. The maximum Gasteiger partial charge on any atom is 0.417 e. The second kappa shape index (κ2) is 6.72. The van der Waals surface area contributed by atoms with Gasteiger partial charge < -0.3 is 5.11 Å². The summed E-state index contributed by atoms with van der Waals surface area (Å²) in [6, 6.07) is 0.208. The van der Waals surface area contributed by atoms with Crippen LogP contribution in [0.5, 0.6) is 0 Å². The zero-order chi connectivity index (χ0) is 19.9. The quantitative estimate of drug-likeness (QED) is 0.784. The molecule has 1 aliphatic heterocycles. The number of aliphatic carboxylic acids is 1. The van der Waals surface area contributed by atoms with Gasteiger partial charge in [0.15, 0.2) is 0 Å². The second-order valence-electron chi connectivity index (χ2n) is 5.72. The van der Waals surface area contributed by atoms with Crippen molar-refractivity contribution >= 4 is 16.0 Å². The molecule has 5 nitrogen and oxygen atoms in total. The van der Waals surface area contributed by atoms with Gasteiger partial charge in [-0.15, -0.1) is 0 Å². The van der Waals surface area contributed by atoms with Crippen molar-refractivity contribution in [3.8, 4) is 0 Å². The van der Waals surface area contributed by atoms with E-state index in [9.17, 15) is 39.6 Å². The van der Waals surface area contributed by atoms with Crippen LogP contribution in [0.3, 0.4) is 0 Å². The van der Waals surface area contributed by atoms with Gasteiger partial charge in [-0.25, -0.2) is 8.42 Å². The average molecular weight is 405 g/mol. The van der Waals surface area contributed by atoms with E-state index in [1.54, 1.807) is 0 Å². The Bertz CT molecular complexity index is 795. The van der Waals surface area contributed by atoms with Gasteiger partial charge in [-0.2, -0.15) is 30.6 Å². The standard InChI is InChI=1S/C14H13F6NO4S/c15-13(16,17)9-1-2-10(14(18,19)20)11(7-9)26(24,25)21-5-3-8(4-6-21)12(22)23/h1-2,7-8H,3-6H2,(H,22,23). The zero-order valence-electron chi connectivity index (χ0n) is 12.9. The Labute approximate surface area is 144 Å². The predicted molar refractivity (Wildman–Crippen MR) is 75.6 cm³/mol. The third kappa shape index (κ3) is 4.11. The summed E-state index contributed by atoms with van der Waals surface area (Å²) in [5.41, 5.74) is -3.23. The summed E-state index contributed by atoms with van der Waals surface area (Å²) >= 11 is 0. The number of hydrogen-bond acceptors (Lipinski definition) is 3. The van der Waals surface area contributed by atoms with Gasteiger partial charge in [0.2, 0.25) is 10.0 Å². The molecule has 146 valence electrons. The molecule has 1 saturated heterocycles. The highest BCUT2D eigenvalue weighted by molar-refractivity contribution is 7.89. The molecule has 1 aromatic carbocycles. The minimum atomic E-state index is -5.17. The van der Waals surface area contributed by atoms with Crippen LogP contribution >= 0.6 is 0 Å². The van der Waals surface area contributed by atoms with Crippen LogP contribution in [0.2, 0.25) is 0 Å². The summed E-state index contributed by atoms with van der Waals surface area (Å²) in [6.45, 7) is -0.792. The van der Waals surface area contributed by atoms with Crippen molar-refractivity contribution in [2.24, 2.45) is 5.92 Å². The van der Waals surface area contributed by atoms with E-state index < -0.39 is 63.4 Å². The molecule has 1 N–H and O–H groups in total. The molecule has 1 fully saturated rings. The third-order valence-electron chi connectivity index (χ3n) is 4.04. The molecule has 0 amide bonds. The van der Waals surface area contributed by atoms with E-state index in [4.69, 9.17) is 5.11 Å². The van der Waals surface area contributed by atoms with E-state index in [0.29, 0.717) is 4.31 Å². The number of rotatable bonds is 3. The monoisotopic (exact) mass is 405 g/mol. The smallest absolute Gasteiger partial charge is 0.417 e. The fourth-order valence-electron chi connectivity index (χ4n) is 2.63. The van der Waals surface area contributed by atoms with Crippen LogP contribution < -0.4 is 0 Å². The van der Waals surface area contributed by atoms with Crippen LogP contribution in [-0.4, -0.2) is 36.9 Å². The number of piperidine rings is 1. The van der Waals surface area contributed by atoms with Gasteiger partial charge in [-0.05, 0) is 31.0 Å². The number of carboxylic acid groups (broad SMARTS) is 1. The minimum absolute atomic E-state index is 0.0402. The first-order valence-electron chi connectivity index (χ1n) is 7.26. The number of alkyl halides is 6. The normalized spacial score (nSPS) is 18.1. The molecule has 26 heavy (non-hydrogen) atoms. The Kier molecular flexibility index (Phi) is 5.30. The van der Waals surface area contributed by atoms with Crippen molar-refractivity contribution in [3.05, 3.63) is 29.3 Å². The van der Waals surface area contributed by atoms with Crippen LogP contribution in [0.4, 0.5) is 26.3 Å². The number of halogens is 6. The van der Waals surface area contributed by atoms with Gasteiger partial charge in [0.05, 0.1) is 21.9 Å². The van der Waals surface area contributed by atoms with Crippen LogP contribution in [-0.2, 0) is 27.2 Å². The van der Waals surface area contributed by atoms with Crippen molar-refractivity contribution in [1.82, 2.24) is 4.31 Å². The third-order valence-corrected chi connectivity index (χ3v) is 5.97. The Morgan fingerprint density at radius 3 is 2.00 bits per heavy atom. The highest BCUT2D eigenvalue weighted by Crippen LogP contribution is 2.39. The summed E-state index contributed by atoms with van der Waals surface area (Å²) < 4.78 is 103. The molecule has 0 bridgehead atoms. The van der Waals surface area contributed by atoms with Crippen molar-refractivity contribution in [2.75, 3.05) is 13.1 Å². The highest BCUT2D eigenvalue weighted by atomic mass is 32.2. The van der Waals surface area contributed by atoms with Gasteiger partial charge in [-0.3, -0.25) is 4.79 Å². The van der Waals surface area contributed by atoms with Gasteiger partial charge in [0, 0.05) is 13.1 Å². The van der Waals surface area contributed by atoms with E-state index in [2.05, 4.69) is 0 Å². The average Bonchev–Trinajstić information content (AvgIpc) is 2.52. The van der Waals surface area contributed by atoms with Gasteiger partial charge in [0.1, 0.15) is 0 Å². The maximum atomic E-state index is 13.1. The number of carboxylic acids is 1. The van der Waals surface area contributed by atoms with Crippen LogP contribution in [0.15, 0.2) is 23.1 Å². The van der Waals surface area contributed by atoms with Gasteiger partial charge in [0.25, 0.3) is 0 Å². The van der Waals surface area contributed by atoms with E-state index >= 15 is 0 Å². The van der Waals surface area contributed by atoms with Crippen molar-refractivity contribution in [3.63, 3.8) is 0 Å². The van der Waals surface area contributed by atoms with E-state index in [0.717, 1.165) is 0 Å². The van der Waals surface area contributed by atoms with Crippen molar-refractivity contribution in [1.29, 1.82) is 0 Å². The number of nitrogens with zero attached hydrogens (tertiary/aromatic N) is 1. The largest absolute Gasteiger partial charge is 0.481 e. The Morgan fingerprint density at radius 2 is 1.58 bits per heavy atom. The summed E-state index contributed by atoms with van der Waals surface area (Å²) in [7, 11) is -4.89. The molecule has 1 heterocycles. The van der Waals surface area contributed by atoms with Gasteiger partial charge in [-0.1, -0.05) is 0 Å². The van der Waals surface area contributed by atoms with Crippen LogP contribution in [0, 0.1) is 5.92 Å². The molecular weight excluding hydrogens is 392 g/mol. The van der Waals surface area contributed by atoms with E-state index in [-0.39, 0.29) is 31.0 Å². The topological polar surface area (TPSA) is 74.7 Å². The SMILES string of the molecule is O=C(O)C1CCN(S(=O)(=O)c2cc(C(F)(F)F)ccc2C(F)(F)F)CC1. The molecule has 12 heteroatoms. The lowest BCUT2D eigenvalue weighted by Gasteiger charge is -2.30. The lowest BCUT2D eigenvalue weighted by atomic mass is 9.99. The number of carbonyl (C=O) groups is 1. The Morgan fingerprint density at radius 1 is 1.04 bits per heavy atom. The maximum absolute atomic E-state index is 13.1. The van der Waals surface area contributed by atoms with Crippen molar-refractivity contribution < 1.29 is 44.7 Å². The summed E-state index contributed by atoms with van der Waals surface area (Å²) in [5, 5.41) is 8.88. The first kappa shape index (κ1) is 20.5. The van der Waals surface area contributed by atoms with Crippen LogP contribution in [0.1, 0.15) is 24.0 Å². The number of benzene rings is 1. The zero-order valence-corrected chi connectivity index (χ0v) is 13.7. The predicted octanol–water partition coefficient (Wildman–Crippen LogP) is 3.21. The molecule has 1 aromatic rings. The lowest BCUT2D eigenvalue weighted by Crippen LogP contribution is -2.40. The minimum Gasteiger partial charge on any atom is -0.481 e. The molecular formula is C14H13F6NO4S. The molecule has 0 aliphatic carbocycles. The van der Waals surface area contributed by atoms with Crippen molar-refractivity contribution in [2.45, 2.75) is 30.1 Å².